The predicted molar refractivity (Wildman–Crippen MR) is 160 cm³/mol. The summed E-state index contributed by atoms with van der Waals surface area (Å²) in [6.45, 7) is 4.49. The number of hydrogen-bond donors (Lipinski definition) is 1. The fourth-order valence-corrected chi connectivity index (χ4v) is 5.38. The maximum absolute atomic E-state index is 4.97. The van der Waals surface area contributed by atoms with E-state index in [1.54, 1.807) is 0 Å². The minimum absolute atomic E-state index is 0. The molecule has 4 aromatic rings. The summed E-state index contributed by atoms with van der Waals surface area (Å²) < 4.78 is 1.11. The van der Waals surface area contributed by atoms with Crippen molar-refractivity contribution in [1.82, 2.24) is 14.9 Å². The lowest BCUT2D eigenvalue weighted by Crippen LogP contribution is -2.22. The molecule has 4 nitrogen and oxygen atoms in total. The van der Waals surface area contributed by atoms with Gasteiger partial charge in [-0.2, -0.15) is 0 Å². The number of rotatable bonds is 9. The maximum atomic E-state index is 4.97. The van der Waals surface area contributed by atoms with E-state index in [1.807, 2.05) is 6.20 Å². The molecule has 0 saturated heterocycles. The van der Waals surface area contributed by atoms with Crippen molar-refractivity contribution in [3.05, 3.63) is 106 Å². The number of nitrogens with zero attached hydrogens (tertiary/aromatic N) is 3. The van der Waals surface area contributed by atoms with Crippen LogP contribution in [-0.2, 0) is 12.8 Å². The third kappa shape index (κ3) is 6.59. The third-order valence-electron chi connectivity index (χ3n) is 7.02. The Morgan fingerprint density at radius 1 is 1.00 bits per heavy atom. The lowest BCUT2D eigenvalue weighted by atomic mass is 9.78. The Bertz CT molecular complexity index is 1330. The molecule has 0 unspecified atom stereocenters. The molecule has 1 N–H and O–H groups in total. The highest BCUT2D eigenvalue weighted by molar-refractivity contribution is 9.10. The van der Waals surface area contributed by atoms with Gasteiger partial charge in [0.1, 0.15) is 0 Å². The number of aromatic nitrogens is 2. The van der Waals surface area contributed by atoms with E-state index >= 15 is 0 Å². The van der Waals surface area contributed by atoms with Gasteiger partial charge in [0.05, 0.1) is 5.69 Å². The summed E-state index contributed by atoms with van der Waals surface area (Å²) in [7, 11) is 2.21. The smallest absolute Gasteiger partial charge is 0.227 e. The fraction of sp³-hybridized carbons (Fsp3) is 0.290. The zero-order chi connectivity index (χ0) is 24.9. The number of likely N-dealkylation sites (N-methyl/N-ethyl adjacent to an activating group) is 1. The standard InChI is InChI=1S/C31H33BrN4.ClH/c1-3-4-17-36(2)18-16-22-12-14-26(15-13-22)34-31-33-21-24-20-29(23-8-7-9-25(32)19-23)27-10-5-6-11-28(27)30(24)35-31;/h5-15,19,21,29H,3-4,16-18,20H2,1-2H3,(H,33,34,35);1H/t29-;/m0./s1. The summed E-state index contributed by atoms with van der Waals surface area (Å²) in [4.78, 5) is 12.1. The molecule has 0 spiro atoms. The molecule has 1 heterocycles. The van der Waals surface area contributed by atoms with Gasteiger partial charge in [0, 0.05) is 34.4 Å². The minimum atomic E-state index is 0. The number of hydrogen-bond acceptors (Lipinski definition) is 4. The van der Waals surface area contributed by atoms with Crippen LogP contribution in [0.25, 0.3) is 11.3 Å². The fourth-order valence-electron chi connectivity index (χ4n) is 4.96. The van der Waals surface area contributed by atoms with Crippen LogP contribution in [0.5, 0.6) is 0 Å². The van der Waals surface area contributed by atoms with Crippen LogP contribution < -0.4 is 5.32 Å². The lowest BCUT2D eigenvalue weighted by Gasteiger charge is -2.27. The average molecular weight is 578 g/mol. The summed E-state index contributed by atoms with van der Waals surface area (Å²) in [6, 6.07) is 25.9. The first-order valence-corrected chi connectivity index (χ1v) is 13.6. The highest BCUT2D eigenvalue weighted by Crippen LogP contribution is 2.42. The number of anilines is 2. The molecule has 0 saturated carbocycles. The first kappa shape index (κ1) is 27.3. The van der Waals surface area contributed by atoms with E-state index in [1.165, 1.54) is 47.2 Å². The highest BCUT2D eigenvalue weighted by Gasteiger charge is 2.27. The number of halogens is 2. The van der Waals surface area contributed by atoms with Crippen LogP contribution in [0, 0.1) is 0 Å². The van der Waals surface area contributed by atoms with Gasteiger partial charge in [0.2, 0.25) is 5.95 Å². The topological polar surface area (TPSA) is 41.0 Å². The van der Waals surface area contributed by atoms with E-state index in [2.05, 4.69) is 118 Å². The Labute approximate surface area is 235 Å². The molecular weight excluding hydrogens is 544 g/mol. The number of benzene rings is 3. The second-order valence-corrected chi connectivity index (χ2v) is 10.6. The predicted octanol–water partition coefficient (Wildman–Crippen LogP) is 8.03. The van der Waals surface area contributed by atoms with Crippen molar-refractivity contribution in [3.63, 3.8) is 0 Å². The van der Waals surface area contributed by atoms with Crippen LogP contribution in [-0.4, -0.2) is 35.0 Å². The molecule has 37 heavy (non-hydrogen) atoms. The van der Waals surface area contributed by atoms with Crippen molar-refractivity contribution >= 4 is 40.0 Å². The van der Waals surface area contributed by atoms with Gasteiger partial charge in [-0.1, -0.05) is 77.8 Å². The molecule has 0 aliphatic heterocycles. The summed E-state index contributed by atoms with van der Waals surface area (Å²) in [5.74, 6) is 0.929. The van der Waals surface area contributed by atoms with E-state index in [0.717, 1.165) is 35.2 Å². The second kappa shape index (κ2) is 12.7. The first-order valence-electron chi connectivity index (χ1n) is 12.9. The van der Waals surface area contributed by atoms with E-state index in [9.17, 15) is 0 Å². The molecule has 0 fully saturated rings. The van der Waals surface area contributed by atoms with Gasteiger partial charge in [-0.05, 0) is 79.4 Å². The molecule has 1 aliphatic carbocycles. The minimum Gasteiger partial charge on any atom is -0.324 e. The van der Waals surface area contributed by atoms with Crippen molar-refractivity contribution < 1.29 is 0 Å². The highest BCUT2D eigenvalue weighted by atomic mass is 79.9. The van der Waals surface area contributed by atoms with E-state index in [-0.39, 0.29) is 12.4 Å². The summed E-state index contributed by atoms with van der Waals surface area (Å²) in [5.41, 5.74) is 8.39. The maximum Gasteiger partial charge on any atom is 0.227 e. The molecule has 0 amide bonds. The van der Waals surface area contributed by atoms with Gasteiger partial charge in [-0.3, -0.25) is 0 Å². The van der Waals surface area contributed by atoms with Crippen LogP contribution >= 0.6 is 28.3 Å². The Kier molecular flexibility index (Phi) is 9.36. The zero-order valence-corrected chi connectivity index (χ0v) is 23.9. The molecule has 192 valence electrons. The van der Waals surface area contributed by atoms with Crippen molar-refractivity contribution in [3.8, 4) is 11.3 Å². The molecule has 1 aromatic heterocycles. The van der Waals surface area contributed by atoms with Crippen molar-refractivity contribution in [2.45, 2.75) is 38.5 Å². The van der Waals surface area contributed by atoms with Gasteiger partial charge >= 0.3 is 0 Å². The molecule has 0 bridgehead atoms. The summed E-state index contributed by atoms with van der Waals surface area (Å²) in [5, 5.41) is 3.42. The van der Waals surface area contributed by atoms with Gasteiger partial charge < -0.3 is 10.2 Å². The average Bonchev–Trinajstić information content (AvgIpc) is 2.91. The van der Waals surface area contributed by atoms with Gasteiger partial charge in [0.15, 0.2) is 0 Å². The van der Waals surface area contributed by atoms with Crippen LogP contribution in [0.2, 0.25) is 0 Å². The summed E-state index contributed by atoms with van der Waals surface area (Å²) in [6.07, 6.45) is 6.45. The van der Waals surface area contributed by atoms with Crippen LogP contribution in [0.1, 0.15) is 47.9 Å². The van der Waals surface area contributed by atoms with Gasteiger partial charge in [-0.15, -0.1) is 12.4 Å². The molecule has 1 atom stereocenters. The molecular formula is C31H34BrClN4. The van der Waals surface area contributed by atoms with Crippen LogP contribution in [0.4, 0.5) is 11.6 Å². The monoisotopic (exact) mass is 576 g/mol. The third-order valence-corrected chi connectivity index (χ3v) is 7.51. The summed E-state index contributed by atoms with van der Waals surface area (Å²) >= 11 is 3.63. The van der Waals surface area contributed by atoms with Gasteiger partial charge in [0.25, 0.3) is 0 Å². The van der Waals surface area contributed by atoms with Gasteiger partial charge in [-0.25, -0.2) is 9.97 Å². The Balaban J connectivity index is 0.00000320. The molecule has 0 radical (unpaired) electrons. The number of fused-ring (bicyclic) bond motifs is 3. The molecule has 3 aromatic carbocycles. The van der Waals surface area contributed by atoms with Crippen LogP contribution in [0.15, 0.2) is 83.5 Å². The number of unbranched alkanes of at least 4 members (excludes halogenated alkanes) is 1. The normalized spacial score (nSPS) is 14.0. The SMILES string of the molecule is CCCCN(C)CCc1ccc(Nc2ncc3c(n2)-c2ccccc2[C@H](c2cccc(Br)c2)C3)cc1.Cl. The van der Waals surface area contributed by atoms with Crippen molar-refractivity contribution in [2.75, 3.05) is 25.5 Å². The van der Waals surface area contributed by atoms with Crippen molar-refractivity contribution in [1.29, 1.82) is 0 Å². The largest absolute Gasteiger partial charge is 0.324 e. The lowest BCUT2D eigenvalue weighted by molar-refractivity contribution is 0.332. The number of nitrogens with one attached hydrogen (secondary N) is 1. The Morgan fingerprint density at radius 2 is 1.81 bits per heavy atom. The second-order valence-electron chi connectivity index (χ2n) is 9.70. The Morgan fingerprint density at radius 3 is 2.59 bits per heavy atom. The molecule has 5 rings (SSSR count). The molecule has 1 aliphatic rings. The van der Waals surface area contributed by atoms with E-state index in [4.69, 9.17) is 4.98 Å². The van der Waals surface area contributed by atoms with E-state index < -0.39 is 0 Å². The van der Waals surface area contributed by atoms with E-state index in [0.29, 0.717) is 11.9 Å². The van der Waals surface area contributed by atoms with Crippen LogP contribution in [0.3, 0.4) is 0 Å². The Hall–Kier alpha value is -2.73. The quantitative estimate of drug-likeness (QED) is 0.219. The first-order chi connectivity index (χ1) is 17.6. The van der Waals surface area contributed by atoms with Crippen molar-refractivity contribution in [2.24, 2.45) is 0 Å². The molecule has 6 heteroatoms. The zero-order valence-electron chi connectivity index (χ0n) is 21.5.